The Morgan fingerprint density at radius 3 is 2.78 bits per heavy atom. The van der Waals surface area contributed by atoms with Crippen molar-refractivity contribution in [3.8, 4) is 0 Å². The van der Waals surface area contributed by atoms with Gasteiger partial charge in [-0.15, -0.1) is 11.8 Å². The number of aromatic nitrogens is 2. The first kappa shape index (κ1) is 26.4. The number of ether oxygens (including phenoxy) is 2. The summed E-state index contributed by atoms with van der Waals surface area (Å²) in [5.41, 5.74) is 1.83. The average molecular weight is 515 g/mol. The van der Waals surface area contributed by atoms with Crippen LogP contribution in [0.2, 0.25) is 0 Å². The van der Waals surface area contributed by atoms with E-state index in [1.807, 2.05) is 39.0 Å². The fourth-order valence-corrected chi connectivity index (χ4v) is 4.98. The number of aromatic amines is 1. The number of H-pyrrole nitrogens is 1. The van der Waals surface area contributed by atoms with E-state index in [-0.39, 0.29) is 11.9 Å². The second-order valence-electron chi connectivity index (χ2n) is 10.2. The molecule has 36 heavy (non-hydrogen) atoms. The van der Waals surface area contributed by atoms with E-state index in [4.69, 9.17) is 14.5 Å². The van der Waals surface area contributed by atoms with Gasteiger partial charge in [-0.25, -0.2) is 14.2 Å². The molecule has 1 amide bonds. The third kappa shape index (κ3) is 7.44. The SMILES string of the molecule is CN1CCC(OC(c2cccc(SCCNC(=O)OC(C)(C)C)c2)c2nc3ccc(F)cc3[nH]2)CC1. The Hall–Kier alpha value is -2.62. The van der Waals surface area contributed by atoms with Crippen LogP contribution in [0.5, 0.6) is 0 Å². The van der Waals surface area contributed by atoms with Gasteiger partial charge < -0.3 is 24.7 Å². The molecule has 4 rings (SSSR count). The summed E-state index contributed by atoms with van der Waals surface area (Å²) in [5, 5.41) is 2.79. The van der Waals surface area contributed by atoms with Crippen molar-refractivity contribution < 1.29 is 18.7 Å². The van der Waals surface area contributed by atoms with E-state index in [9.17, 15) is 9.18 Å². The number of hydrogen-bond donors (Lipinski definition) is 2. The predicted molar refractivity (Wildman–Crippen MR) is 141 cm³/mol. The number of carbonyl (C=O) groups is 1. The Bertz CT molecular complexity index is 1170. The van der Waals surface area contributed by atoms with E-state index < -0.39 is 17.8 Å². The summed E-state index contributed by atoms with van der Waals surface area (Å²) in [4.78, 5) is 23.3. The molecule has 9 heteroatoms. The van der Waals surface area contributed by atoms with Crippen molar-refractivity contribution in [1.29, 1.82) is 0 Å². The van der Waals surface area contributed by atoms with Crippen LogP contribution in [0.1, 0.15) is 51.1 Å². The molecule has 1 aliphatic heterocycles. The zero-order valence-electron chi connectivity index (χ0n) is 21.3. The minimum absolute atomic E-state index is 0.116. The summed E-state index contributed by atoms with van der Waals surface area (Å²) in [7, 11) is 2.12. The normalized spacial score (nSPS) is 16.2. The zero-order chi connectivity index (χ0) is 25.7. The molecule has 2 aromatic carbocycles. The van der Waals surface area contributed by atoms with E-state index in [0.29, 0.717) is 29.2 Å². The zero-order valence-corrected chi connectivity index (χ0v) is 22.2. The highest BCUT2D eigenvalue weighted by molar-refractivity contribution is 7.99. The molecule has 194 valence electrons. The molecule has 0 radical (unpaired) electrons. The molecule has 1 aliphatic rings. The monoisotopic (exact) mass is 514 g/mol. The smallest absolute Gasteiger partial charge is 0.407 e. The highest BCUT2D eigenvalue weighted by Crippen LogP contribution is 2.32. The lowest BCUT2D eigenvalue weighted by Gasteiger charge is -2.31. The fraction of sp³-hybridized carbons (Fsp3) is 0.481. The van der Waals surface area contributed by atoms with Crippen LogP contribution in [-0.2, 0) is 9.47 Å². The van der Waals surface area contributed by atoms with E-state index >= 15 is 0 Å². The van der Waals surface area contributed by atoms with Crippen molar-refractivity contribution in [2.24, 2.45) is 0 Å². The van der Waals surface area contributed by atoms with Crippen LogP contribution in [0.4, 0.5) is 9.18 Å². The number of halogens is 1. The number of thioether (sulfide) groups is 1. The number of alkyl carbamates (subject to hydrolysis) is 1. The Morgan fingerprint density at radius 2 is 2.03 bits per heavy atom. The van der Waals surface area contributed by atoms with Gasteiger partial charge >= 0.3 is 6.09 Å². The second kappa shape index (κ2) is 11.6. The molecular formula is C27H35FN4O3S. The lowest BCUT2D eigenvalue weighted by molar-refractivity contribution is -0.0264. The van der Waals surface area contributed by atoms with E-state index in [1.54, 1.807) is 17.8 Å². The Kier molecular flexibility index (Phi) is 8.54. The van der Waals surface area contributed by atoms with Gasteiger partial charge in [-0.05, 0) is 76.6 Å². The van der Waals surface area contributed by atoms with Gasteiger partial charge in [0.1, 0.15) is 23.3 Å². The van der Waals surface area contributed by atoms with Gasteiger partial charge in [0, 0.05) is 30.3 Å². The van der Waals surface area contributed by atoms with Crippen molar-refractivity contribution in [2.45, 2.75) is 56.3 Å². The van der Waals surface area contributed by atoms with Crippen LogP contribution in [0.15, 0.2) is 47.4 Å². The molecule has 1 atom stereocenters. The largest absolute Gasteiger partial charge is 0.444 e. The van der Waals surface area contributed by atoms with Crippen molar-refractivity contribution in [1.82, 2.24) is 20.2 Å². The molecule has 2 heterocycles. The van der Waals surface area contributed by atoms with Crippen molar-refractivity contribution in [2.75, 3.05) is 32.4 Å². The molecule has 0 spiro atoms. The maximum Gasteiger partial charge on any atom is 0.407 e. The van der Waals surface area contributed by atoms with Crippen LogP contribution >= 0.6 is 11.8 Å². The third-order valence-corrected chi connectivity index (χ3v) is 6.90. The predicted octanol–water partition coefficient (Wildman–Crippen LogP) is 5.52. The fourth-order valence-electron chi connectivity index (χ4n) is 4.14. The van der Waals surface area contributed by atoms with Crippen LogP contribution in [-0.4, -0.2) is 65.1 Å². The molecule has 1 aromatic heterocycles. The number of rotatable bonds is 8. The molecule has 0 aliphatic carbocycles. The van der Waals surface area contributed by atoms with Gasteiger partial charge in [0.05, 0.1) is 17.1 Å². The lowest BCUT2D eigenvalue weighted by atomic mass is 10.1. The van der Waals surface area contributed by atoms with E-state index in [0.717, 1.165) is 36.4 Å². The summed E-state index contributed by atoms with van der Waals surface area (Å²) in [6.07, 6.45) is 1.21. The van der Waals surface area contributed by atoms with Crippen molar-refractivity contribution in [3.63, 3.8) is 0 Å². The van der Waals surface area contributed by atoms with Gasteiger partial charge in [0.2, 0.25) is 0 Å². The molecule has 7 nitrogen and oxygen atoms in total. The average Bonchev–Trinajstić information content (AvgIpc) is 3.23. The number of fused-ring (bicyclic) bond motifs is 1. The number of nitrogens with zero attached hydrogens (tertiary/aromatic N) is 2. The van der Waals surface area contributed by atoms with Gasteiger partial charge in [-0.2, -0.15) is 0 Å². The summed E-state index contributed by atoms with van der Waals surface area (Å²) in [6.45, 7) is 8.00. The molecule has 3 aromatic rings. The first-order valence-electron chi connectivity index (χ1n) is 12.3. The van der Waals surface area contributed by atoms with E-state index in [1.165, 1.54) is 12.1 Å². The van der Waals surface area contributed by atoms with E-state index in [2.05, 4.69) is 28.3 Å². The van der Waals surface area contributed by atoms with Crippen LogP contribution in [0.3, 0.4) is 0 Å². The number of likely N-dealkylation sites (tertiary alicyclic amines) is 1. The third-order valence-electron chi connectivity index (χ3n) is 5.90. The maximum atomic E-state index is 13.8. The minimum Gasteiger partial charge on any atom is -0.444 e. The summed E-state index contributed by atoms with van der Waals surface area (Å²) < 4.78 is 25.7. The summed E-state index contributed by atoms with van der Waals surface area (Å²) in [6, 6.07) is 12.8. The molecule has 1 fully saturated rings. The number of amides is 1. The number of piperidine rings is 1. The number of benzene rings is 2. The molecule has 0 bridgehead atoms. The number of imidazole rings is 1. The molecule has 0 saturated carbocycles. The lowest BCUT2D eigenvalue weighted by Crippen LogP contribution is -2.35. The number of nitrogens with one attached hydrogen (secondary N) is 2. The van der Waals surface area contributed by atoms with Crippen LogP contribution < -0.4 is 5.32 Å². The summed E-state index contributed by atoms with van der Waals surface area (Å²) in [5.74, 6) is 1.07. The molecule has 1 saturated heterocycles. The highest BCUT2D eigenvalue weighted by Gasteiger charge is 2.26. The highest BCUT2D eigenvalue weighted by atomic mass is 32.2. The Morgan fingerprint density at radius 1 is 1.25 bits per heavy atom. The number of carbonyl (C=O) groups excluding carboxylic acids is 1. The molecular weight excluding hydrogens is 479 g/mol. The topological polar surface area (TPSA) is 79.5 Å². The van der Waals surface area contributed by atoms with Gasteiger partial charge in [-0.3, -0.25) is 0 Å². The van der Waals surface area contributed by atoms with Crippen LogP contribution in [0.25, 0.3) is 11.0 Å². The second-order valence-corrected chi connectivity index (χ2v) is 11.3. The van der Waals surface area contributed by atoms with Gasteiger partial charge in [0.15, 0.2) is 0 Å². The van der Waals surface area contributed by atoms with Gasteiger partial charge in [-0.1, -0.05) is 12.1 Å². The maximum absolute atomic E-state index is 13.8. The number of hydrogen-bond acceptors (Lipinski definition) is 6. The Balaban J connectivity index is 1.48. The Labute approximate surface area is 216 Å². The molecule has 2 N–H and O–H groups in total. The standard InChI is InChI=1S/C27H35FN4O3S/c1-27(2,3)35-26(33)29-12-15-36-21-7-5-6-18(16-21)24(34-20-10-13-32(4)14-11-20)25-30-22-9-8-19(28)17-23(22)31-25/h5-9,16-17,20,24H,10-15H2,1-4H3,(H,29,33)(H,30,31). The molecule has 1 unspecified atom stereocenters. The van der Waals surface area contributed by atoms with Gasteiger partial charge in [0.25, 0.3) is 0 Å². The van der Waals surface area contributed by atoms with Crippen molar-refractivity contribution in [3.05, 3.63) is 59.7 Å². The van der Waals surface area contributed by atoms with Crippen molar-refractivity contribution >= 4 is 28.9 Å². The first-order valence-corrected chi connectivity index (χ1v) is 13.3. The summed E-state index contributed by atoms with van der Waals surface area (Å²) >= 11 is 1.65. The minimum atomic E-state index is -0.517. The first-order chi connectivity index (χ1) is 17.2. The quantitative estimate of drug-likeness (QED) is 0.304. The van der Waals surface area contributed by atoms with Crippen LogP contribution in [0, 0.1) is 5.82 Å².